The van der Waals surface area contributed by atoms with E-state index in [2.05, 4.69) is 4.18 Å². The molecule has 0 saturated carbocycles. The predicted molar refractivity (Wildman–Crippen MR) is 45.6 cm³/mol. The molecule has 0 saturated heterocycles. The zero-order valence-electron chi connectivity index (χ0n) is 7.36. The molecule has 0 aliphatic rings. The van der Waals surface area contributed by atoms with Crippen molar-refractivity contribution in [3.05, 3.63) is 30.3 Å². The van der Waals surface area contributed by atoms with Crippen LogP contribution in [0.1, 0.15) is 0 Å². The molecule has 7 heteroatoms. The van der Waals surface area contributed by atoms with E-state index < -0.39 is 27.8 Å². The van der Waals surface area contributed by atoms with Gasteiger partial charge in [0.1, 0.15) is 0 Å². The van der Waals surface area contributed by atoms with Crippen LogP contribution in [0.2, 0.25) is 0 Å². The minimum absolute atomic E-state index is 0.446. The third-order valence-corrected chi connectivity index (χ3v) is 2.73. The van der Waals surface area contributed by atoms with Gasteiger partial charge in [-0.1, -0.05) is 18.2 Å². The molecule has 0 radical (unpaired) electrons. The first-order chi connectivity index (χ1) is 6.87. The van der Waals surface area contributed by atoms with Gasteiger partial charge >= 0.3 is 16.2 Å². The van der Waals surface area contributed by atoms with Gasteiger partial charge in [0.25, 0.3) is 0 Å². The molecule has 0 aliphatic carbocycles. The van der Waals surface area contributed by atoms with E-state index >= 15 is 0 Å². The molecule has 0 spiro atoms. The standard InChI is InChI=1S/C8H7F3O3S/c9-6-8(10,11)14-15(12,13)7-4-2-1-3-5-7/h1-5H,6H2. The minimum atomic E-state index is -4.62. The first kappa shape index (κ1) is 12.0. The van der Waals surface area contributed by atoms with Gasteiger partial charge < -0.3 is 0 Å². The van der Waals surface area contributed by atoms with E-state index in [9.17, 15) is 21.6 Å². The molecule has 84 valence electrons. The number of benzene rings is 1. The van der Waals surface area contributed by atoms with Crippen molar-refractivity contribution in [3.63, 3.8) is 0 Å². The molecule has 0 N–H and O–H groups in total. The molecule has 1 aromatic rings. The summed E-state index contributed by atoms with van der Waals surface area (Å²) in [5.41, 5.74) is 0. The molecule has 3 nitrogen and oxygen atoms in total. The molecule has 0 atom stereocenters. The molecule has 0 bridgehead atoms. The highest BCUT2D eigenvalue weighted by molar-refractivity contribution is 7.86. The monoisotopic (exact) mass is 240 g/mol. The predicted octanol–water partition coefficient (Wildman–Crippen LogP) is 1.95. The van der Waals surface area contributed by atoms with Gasteiger partial charge in [0.2, 0.25) is 0 Å². The fourth-order valence-corrected chi connectivity index (χ4v) is 1.77. The Morgan fingerprint density at radius 3 is 2.20 bits per heavy atom. The van der Waals surface area contributed by atoms with E-state index in [-0.39, 0.29) is 0 Å². The Morgan fingerprint density at radius 1 is 1.20 bits per heavy atom. The Hall–Kier alpha value is -1.08. The average molecular weight is 240 g/mol. The van der Waals surface area contributed by atoms with Crippen LogP contribution in [0.5, 0.6) is 0 Å². The highest BCUT2D eigenvalue weighted by Crippen LogP contribution is 2.23. The lowest BCUT2D eigenvalue weighted by molar-refractivity contribution is -0.182. The van der Waals surface area contributed by atoms with Gasteiger partial charge in [-0.15, -0.1) is 0 Å². The molecule has 1 rings (SSSR count). The maximum Gasteiger partial charge on any atom is 0.397 e. The maximum absolute atomic E-state index is 12.4. The molecule has 0 unspecified atom stereocenters. The van der Waals surface area contributed by atoms with Gasteiger partial charge in [-0.05, 0) is 12.1 Å². The van der Waals surface area contributed by atoms with Gasteiger partial charge in [-0.3, -0.25) is 0 Å². The van der Waals surface area contributed by atoms with Crippen LogP contribution in [0.4, 0.5) is 13.2 Å². The van der Waals surface area contributed by atoms with Crippen LogP contribution >= 0.6 is 0 Å². The largest absolute Gasteiger partial charge is 0.397 e. The quantitative estimate of drug-likeness (QED) is 0.755. The fraction of sp³-hybridized carbons (Fsp3) is 0.250. The number of halogens is 3. The van der Waals surface area contributed by atoms with Gasteiger partial charge in [-0.25, -0.2) is 4.39 Å². The van der Waals surface area contributed by atoms with E-state index in [1.807, 2.05) is 0 Å². The van der Waals surface area contributed by atoms with Gasteiger partial charge in [0, 0.05) is 0 Å². The van der Waals surface area contributed by atoms with E-state index in [4.69, 9.17) is 0 Å². The van der Waals surface area contributed by atoms with Crippen molar-refractivity contribution >= 4 is 10.1 Å². The van der Waals surface area contributed by atoms with E-state index in [0.717, 1.165) is 12.1 Å². The van der Waals surface area contributed by atoms with E-state index in [1.54, 1.807) is 0 Å². The Bertz CT molecular complexity index is 416. The zero-order valence-corrected chi connectivity index (χ0v) is 8.18. The molecule has 0 amide bonds. The van der Waals surface area contributed by atoms with Gasteiger partial charge in [-0.2, -0.15) is 21.4 Å². The van der Waals surface area contributed by atoms with Crippen LogP contribution < -0.4 is 0 Å². The second-order valence-electron chi connectivity index (χ2n) is 2.62. The molecular weight excluding hydrogens is 233 g/mol. The number of rotatable bonds is 4. The third-order valence-electron chi connectivity index (χ3n) is 1.42. The third kappa shape index (κ3) is 3.21. The summed E-state index contributed by atoms with van der Waals surface area (Å²) in [4.78, 5) is -0.446. The summed E-state index contributed by atoms with van der Waals surface area (Å²) in [6.07, 6.45) is -4.32. The normalized spacial score (nSPS) is 12.7. The summed E-state index contributed by atoms with van der Waals surface area (Å²) >= 11 is 0. The van der Waals surface area contributed by atoms with E-state index in [0.29, 0.717) is 0 Å². The molecule has 0 aliphatic heterocycles. The smallest absolute Gasteiger partial charge is 0.241 e. The van der Waals surface area contributed by atoms with E-state index in [1.165, 1.54) is 18.2 Å². The second-order valence-corrected chi connectivity index (χ2v) is 4.17. The molecular formula is C8H7F3O3S. The summed E-state index contributed by atoms with van der Waals surface area (Å²) in [5.74, 6) is 0. The minimum Gasteiger partial charge on any atom is -0.241 e. The topological polar surface area (TPSA) is 43.4 Å². The van der Waals surface area contributed by atoms with Crippen LogP contribution in [0, 0.1) is 0 Å². The second kappa shape index (κ2) is 4.19. The van der Waals surface area contributed by atoms with Crippen LogP contribution in [0.15, 0.2) is 35.2 Å². The molecule has 1 aromatic carbocycles. The summed E-state index contributed by atoms with van der Waals surface area (Å²) in [5, 5.41) is 0. The lowest BCUT2D eigenvalue weighted by Crippen LogP contribution is -2.27. The average Bonchev–Trinajstić information content (AvgIpc) is 2.18. The SMILES string of the molecule is O=S(=O)(OC(F)(F)CF)c1ccccc1. The van der Waals surface area contributed by atoms with Crippen molar-refractivity contribution in [2.45, 2.75) is 11.0 Å². The van der Waals surface area contributed by atoms with Crippen LogP contribution in [0.3, 0.4) is 0 Å². The first-order valence-corrected chi connectivity index (χ1v) is 5.23. The van der Waals surface area contributed by atoms with Crippen molar-refractivity contribution in [2.75, 3.05) is 6.67 Å². The highest BCUT2D eigenvalue weighted by atomic mass is 32.2. The van der Waals surface area contributed by atoms with Crippen molar-refractivity contribution in [1.29, 1.82) is 0 Å². The maximum atomic E-state index is 12.4. The Balaban J connectivity index is 2.96. The Morgan fingerprint density at radius 2 is 1.73 bits per heavy atom. The summed E-state index contributed by atoms with van der Waals surface area (Å²) in [6.45, 7) is -2.20. The number of alkyl halides is 3. The van der Waals surface area contributed by atoms with Crippen molar-refractivity contribution < 1.29 is 25.8 Å². The molecule has 0 heterocycles. The van der Waals surface area contributed by atoms with Crippen molar-refractivity contribution in [1.82, 2.24) is 0 Å². The van der Waals surface area contributed by atoms with Gasteiger partial charge in [0.05, 0.1) is 4.90 Å². The number of hydrogen-bond acceptors (Lipinski definition) is 3. The zero-order chi connectivity index (χ0) is 11.5. The fourth-order valence-electron chi connectivity index (χ4n) is 0.818. The van der Waals surface area contributed by atoms with Crippen LogP contribution in [-0.2, 0) is 14.3 Å². The Labute approximate surface area is 84.6 Å². The number of hydrogen-bond donors (Lipinski definition) is 0. The summed E-state index contributed by atoms with van der Waals surface area (Å²) in [6, 6.07) is 6.33. The highest BCUT2D eigenvalue weighted by Gasteiger charge is 2.37. The van der Waals surface area contributed by atoms with Crippen LogP contribution in [0.25, 0.3) is 0 Å². The van der Waals surface area contributed by atoms with Crippen LogP contribution in [-0.4, -0.2) is 21.2 Å². The summed E-state index contributed by atoms with van der Waals surface area (Å²) in [7, 11) is -4.62. The molecule has 0 aromatic heterocycles. The Kier molecular flexibility index (Phi) is 3.35. The molecule has 15 heavy (non-hydrogen) atoms. The van der Waals surface area contributed by atoms with Gasteiger partial charge in [0.15, 0.2) is 6.67 Å². The lowest BCUT2D eigenvalue weighted by atomic mass is 10.4. The first-order valence-electron chi connectivity index (χ1n) is 3.82. The summed E-state index contributed by atoms with van der Waals surface area (Å²) < 4.78 is 62.1. The molecule has 0 fully saturated rings. The van der Waals surface area contributed by atoms with Crippen molar-refractivity contribution in [2.24, 2.45) is 0 Å². The van der Waals surface area contributed by atoms with Crippen molar-refractivity contribution in [3.8, 4) is 0 Å². The lowest BCUT2D eigenvalue weighted by Gasteiger charge is -2.12.